The molecule has 1 aromatic carbocycles. The summed E-state index contributed by atoms with van der Waals surface area (Å²) in [6.07, 6.45) is 5.80. The summed E-state index contributed by atoms with van der Waals surface area (Å²) < 4.78 is 5.06. The smallest absolute Gasteiger partial charge is 0.311 e. The highest BCUT2D eigenvalue weighted by Gasteiger charge is 2.50. The predicted molar refractivity (Wildman–Crippen MR) is 99.8 cm³/mol. The lowest BCUT2D eigenvalue weighted by Gasteiger charge is -2.49. The molecular formula is C22H27NO3. The van der Waals surface area contributed by atoms with Crippen LogP contribution in [0, 0.1) is 23.7 Å². The van der Waals surface area contributed by atoms with E-state index in [2.05, 4.69) is 29.2 Å². The van der Waals surface area contributed by atoms with Crippen molar-refractivity contribution < 1.29 is 14.6 Å². The lowest BCUT2D eigenvalue weighted by Crippen LogP contribution is -2.47. The van der Waals surface area contributed by atoms with Gasteiger partial charge in [-0.1, -0.05) is 18.2 Å². The van der Waals surface area contributed by atoms with Gasteiger partial charge in [-0.25, -0.2) is 0 Å². The number of aromatic nitrogens is 1. The number of aromatic amines is 1. The fourth-order valence-corrected chi connectivity index (χ4v) is 6.30. The molecule has 2 fully saturated rings. The Labute approximate surface area is 153 Å². The van der Waals surface area contributed by atoms with E-state index in [0.717, 1.165) is 25.7 Å². The third kappa shape index (κ3) is 2.34. The molecule has 4 nitrogen and oxygen atoms in total. The first kappa shape index (κ1) is 16.4. The first-order valence-electron chi connectivity index (χ1n) is 10.0. The van der Waals surface area contributed by atoms with Gasteiger partial charge in [0.1, 0.15) is 0 Å². The minimum atomic E-state index is -0.550. The van der Waals surface area contributed by atoms with E-state index in [4.69, 9.17) is 4.74 Å². The number of carbonyl (C=O) groups is 1. The largest absolute Gasteiger partial charge is 0.469 e. The Morgan fingerprint density at radius 3 is 2.85 bits per heavy atom. The fraction of sp³-hybridized carbons (Fsp3) is 0.591. The SMILES string of the molecule is COC(=O)[C@H]1[C@H]2C[C@H]3c4[nH]c5ccccc5c4CCC3C[C@H]2CC[C@H]1O. The van der Waals surface area contributed by atoms with Crippen molar-refractivity contribution in [3.05, 3.63) is 35.5 Å². The maximum absolute atomic E-state index is 12.4. The van der Waals surface area contributed by atoms with Crippen LogP contribution in [0.5, 0.6) is 0 Å². The summed E-state index contributed by atoms with van der Waals surface area (Å²) in [5.41, 5.74) is 4.10. The molecule has 1 heterocycles. The van der Waals surface area contributed by atoms with E-state index in [0.29, 0.717) is 17.8 Å². The van der Waals surface area contributed by atoms with E-state index in [1.165, 1.54) is 42.1 Å². The van der Waals surface area contributed by atoms with Crippen molar-refractivity contribution in [2.24, 2.45) is 23.7 Å². The van der Waals surface area contributed by atoms with Crippen LogP contribution in [-0.4, -0.2) is 29.3 Å². The molecule has 2 N–H and O–H groups in total. The predicted octanol–water partition coefficient (Wildman–Crippen LogP) is 3.78. The molecule has 0 aliphatic heterocycles. The quantitative estimate of drug-likeness (QED) is 0.767. The zero-order chi connectivity index (χ0) is 17.8. The maximum Gasteiger partial charge on any atom is 0.311 e. The van der Waals surface area contributed by atoms with Gasteiger partial charge in [0.05, 0.1) is 19.1 Å². The van der Waals surface area contributed by atoms with Gasteiger partial charge in [-0.15, -0.1) is 0 Å². The van der Waals surface area contributed by atoms with Crippen LogP contribution >= 0.6 is 0 Å². The van der Waals surface area contributed by atoms with Crippen molar-refractivity contribution in [3.8, 4) is 0 Å². The average molecular weight is 353 g/mol. The molecule has 2 aromatic rings. The molecule has 26 heavy (non-hydrogen) atoms. The van der Waals surface area contributed by atoms with Crippen LogP contribution in [0.2, 0.25) is 0 Å². The zero-order valence-corrected chi connectivity index (χ0v) is 15.3. The molecule has 3 aliphatic rings. The lowest BCUT2D eigenvalue weighted by atomic mass is 9.56. The maximum atomic E-state index is 12.4. The molecule has 1 aromatic heterocycles. The molecule has 0 spiro atoms. The molecule has 138 valence electrons. The van der Waals surface area contributed by atoms with Crippen molar-refractivity contribution in [2.75, 3.05) is 7.11 Å². The molecule has 3 aliphatic carbocycles. The second kappa shape index (κ2) is 6.12. The van der Waals surface area contributed by atoms with Gasteiger partial charge in [0, 0.05) is 22.5 Å². The van der Waals surface area contributed by atoms with E-state index in [1.807, 2.05) is 0 Å². The van der Waals surface area contributed by atoms with Crippen LogP contribution in [0.15, 0.2) is 24.3 Å². The normalized spacial score (nSPS) is 36.1. The van der Waals surface area contributed by atoms with E-state index in [1.54, 1.807) is 0 Å². The van der Waals surface area contributed by atoms with Crippen LogP contribution in [-0.2, 0) is 16.0 Å². The number of para-hydroxylation sites is 1. The van der Waals surface area contributed by atoms with Crippen molar-refractivity contribution in [1.82, 2.24) is 4.98 Å². The number of fused-ring (bicyclic) bond motifs is 6. The van der Waals surface area contributed by atoms with E-state index < -0.39 is 6.10 Å². The highest BCUT2D eigenvalue weighted by Crippen LogP contribution is 2.55. The Hall–Kier alpha value is -1.81. The molecule has 0 saturated heterocycles. The molecule has 0 bridgehead atoms. The number of H-pyrrole nitrogens is 1. The number of aliphatic hydroxyl groups excluding tert-OH is 1. The molecule has 1 unspecified atom stereocenters. The number of benzene rings is 1. The molecule has 5 rings (SSSR count). The molecular weight excluding hydrogens is 326 g/mol. The van der Waals surface area contributed by atoms with Gasteiger partial charge >= 0.3 is 5.97 Å². The van der Waals surface area contributed by atoms with Crippen molar-refractivity contribution in [1.29, 1.82) is 0 Å². The number of hydrogen-bond donors (Lipinski definition) is 2. The number of ether oxygens (including phenoxy) is 1. The number of esters is 1. The van der Waals surface area contributed by atoms with Crippen LogP contribution < -0.4 is 0 Å². The summed E-state index contributed by atoms with van der Waals surface area (Å²) >= 11 is 0. The Morgan fingerprint density at radius 2 is 2.00 bits per heavy atom. The Kier molecular flexibility index (Phi) is 3.85. The third-order valence-electron chi connectivity index (χ3n) is 7.47. The number of carbonyl (C=O) groups excluding carboxylic acids is 1. The van der Waals surface area contributed by atoms with Gasteiger partial charge in [-0.2, -0.15) is 0 Å². The monoisotopic (exact) mass is 353 g/mol. The second-order valence-electron chi connectivity index (χ2n) is 8.56. The summed E-state index contributed by atoms with van der Waals surface area (Å²) in [5, 5.41) is 11.9. The highest BCUT2D eigenvalue weighted by atomic mass is 16.5. The molecule has 0 radical (unpaired) electrons. The summed E-state index contributed by atoms with van der Waals surface area (Å²) in [7, 11) is 1.45. The Balaban J connectivity index is 1.52. The number of hydrogen-bond acceptors (Lipinski definition) is 3. The van der Waals surface area contributed by atoms with E-state index in [-0.39, 0.29) is 17.8 Å². The summed E-state index contributed by atoms with van der Waals surface area (Å²) in [6.45, 7) is 0. The van der Waals surface area contributed by atoms with E-state index in [9.17, 15) is 9.90 Å². The first-order chi connectivity index (χ1) is 12.7. The van der Waals surface area contributed by atoms with E-state index >= 15 is 0 Å². The van der Waals surface area contributed by atoms with Crippen molar-refractivity contribution in [3.63, 3.8) is 0 Å². The van der Waals surface area contributed by atoms with Crippen LogP contribution in [0.1, 0.15) is 49.3 Å². The number of methoxy groups -OCH3 is 1. The molecule has 4 heteroatoms. The van der Waals surface area contributed by atoms with Gasteiger partial charge in [-0.05, 0) is 67.9 Å². The fourth-order valence-electron chi connectivity index (χ4n) is 6.30. The Morgan fingerprint density at radius 1 is 1.15 bits per heavy atom. The zero-order valence-electron chi connectivity index (χ0n) is 15.3. The highest BCUT2D eigenvalue weighted by molar-refractivity contribution is 5.85. The van der Waals surface area contributed by atoms with Crippen molar-refractivity contribution >= 4 is 16.9 Å². The third-order valence-corrected chi connectivity index (χ3v) is 7.47. The molecule has 6 atom stereocenters. The number of aliphatic hydroxyl groups is 1. The minimum absolute atomic E-state index is 0.224. The van der Waals surface area contributed by atoms with Crippen LogP contribution in [0.25, 0.3) is 10.9 Å². The van der Waals surface area contributed by atoms with Gasteiger partial charge in [0.25, 0.3) is 0 Å². The van der Waals surface area contributed by atoms with Gasteiger partial charge in [0.2, 0.25) is 0 Å². The summed E-state index contributed by atoms with van der Waals surface area (Å²) in [5.74, 6) is 1.39. The topological polar surface area (TPSA) is 62.3 Å². The number of nitrogens with one attached hydrogen (secondary N) is 1. The minimum Gasteiger partial charge on any atom is -0.469 e. The lowest BCUT2D eigenvalue weighted by molar-refractivity contribution is -0.158. The van der Waals surface area contributed by atoms with Gasteiger partial charge < -0.3 is 14.8 Å². The standard InChI is InChI=1S/C22H27NO3/c1-26-22(25)20-16-11-17-13(10-12(16)7-9-19(20)24)6-8-15-14-4-2-3-5-18(14)23-21(15)17/h2-5,12-13,16-17,19-20,23-24H,6-11H2,1H3/t12-,13?,16+,17-,19-,20+/m1/s1. The van der Waals surface area contributed by atoms with Crippen LogP contribution in [0.3, 0.4) is 0 Å². The van der Waals surface area contributed by atoms with Crippen LogP contribution in [0.4, 0.5) is 0 Å². The second-order valence-corrected chi connectivity index (χ2v) is 8.56. The summed E-state index contributed by atoms with van der Waals surface area (Å²) in [6, 6.07) is 8.59. The molecule has 0 amide bonds. The van der Waals surface area contributed by atoms with Crippen molar-refractivity contribution in [2.45, 2.75) is 50.5 Å². The van der Waals surface area contributed by atoms with Gasteiger partial charge in [0.15, 0.2) is 0 Å². The first-order valence-corrected chi connectivity index (χ1v) is 10.0. The molecule has 2 saturated carbocycles. The number of aryl methyl sites for hydroxylation is 1. The van der Waals surface area contributed by atoms with Gasteiger partial charge in [-0.3, -0.25) is 4.79 Å². The number of rotatable bonds is 1. The summed E-state index contributed by atoms with van der Waals surface area (Å²) in [4.78, 5) is 16.1. The average Bonchev–Trinajstić information content (AvgIpc) is 3.05. The Bertz CT molecular complexity index is 841.